The van der Waals surface area contributed by atoms with E-state index >= 15 is 0 Å². The minimum absolute atomic E-state index is 0.457. The monoisotopic (exact) mass is 368 g/mol. The molecule has 2 atom stereocenters. The first kappa shape index (κ1) is 19.4. The summed E-state index contributed by atoms with van der Waals surface area (Å²) in [5.74, 6) is 0.898. The Balaban J connectivity index is 1.53. The van der Waals surface area contributed by atoms with E-state index in [1.54, 1.807) is 0 Å². The third-order valence-electron chi connectivity index (χ3n) is 5.11. The highest BCUT2D eigenvalue weighted by atomic mass is 15.2. The normalized spacial score (nSPS) is 21.2. The number of nitrogens with zero attached hydrogens (tertiary/aromatic N) is 4. The maximum Gasteiger partial charge on any atom is 0.191 e. The topological polar surface area (TPSA) is 57.5 Å². The number of aromatic nitrogens is 2. The van der Waals surface area contributed by atoms with Crippen LogP contribution < -0.4 is 10.6 Å². The number of piperidine rings is 1. The van der Waals surface area contributed by atoms with Gasteiger partial charge in [0.05, 0.1) is 12.7 Å². The molecule has 1 aliphatic heterocycles. The third kappa shape index (κ3) is 5.82. The molecule has 2 aromatic rings. The average molecular weight is 369 g/mol. The molecule has 1 aromatic heterocycles. The van der Waals surface area contributed by atoms with Gasteiger partial charge in [-0.05, 0) is 32.3 Å². The van der Waals surface area contributed by atoms with Gasteiger partial charge in [-0.2, -0.15) is 5.10 Å². The van der Waals surface area contributed by atoms with Crippen LogP contribution in [0.4, 0.5) is 0 Å². The molecule has 0 saturated carbocycles. The molecule has 6 heteroatoms. The molecule has 6 nitrogen and oxygen atoms in total. The fourth-order valence-electron chi connectivity index (χ4n) is 3.64. The van der Waals surface area contributed by atoms with Crippen molar-refractivity contribution in [2.24, 2.45) is 12.0 Å². The van der Waals surface area contributed by atoms with Gasteiger partial charge in [0.15, 0.2) is 5.96 Å². The molecule has 1 fully saturated rings. The van der Waals surface area contributed by atoms with Crippen molar-refractivity contribution in [1.29, 1.82) is 0 Å². The summed E-state index contributed by atoms with van der Waals surface area (Å²) in [6.45, 7) is 8.08. The van der Waals surface area contributed by atoms with Gasteiger partial charge in [-0.25, -0.2) is 4.99 Å². The summed E-state index contributed by atoms with van der Waals surface area (Å²) in [7, 11) is 1.93. The van der Waals surface area contributed by atoms with Gasteiger partial charge in [0, 0.05) is 50.5 Å². The van der Waals surface area contributed by atoms with E-state index in [0.717, 1.165) is 44.0 Å². The number of guanidine groups is 1. The Kier molecular flexibility index (Phi) is 6.87. The molecule has 0 aliphatic carbocycles. The first-order valence-electron chi connectivity index (χ1n) is 9.94. The van der Waals surface area contributed by atoms with E-state index in [4.69, 9.17) is 4.99 Å². The van der Waals surface area contributed by atoms with Gasteiger partial charge in [-0.15, -0.1) is 0 Å². The SMILES string of the molecule is CCNC(=NCc1cnn(C)c1)NC1CCN(Cc2ccccc2)C(C)C1. The van der Waals surface area contributed by atoms with Gasteiger partial charge in [-0.3, -0.25) is 9.58 Å². The summed E-state index contributed by atoms with van der Waals surface area (Å²) in [5.41, 5.74) is 2.52. The van der Waals surface area contributed by atoms with E-state index in [-0.39, 0.29) is 0 Å². The molecule has 0 radical (unpaired) electrons. The van der Waals surface area contributed by atoms with Gasteiger partial charge >= 0.3 is 0 Å². The molecule has 2 unspecified atom stereocenters. The minimum atomic E-state index is 0.457. The van der Waals surface area contributed by atoms with E-state index in [1.807, 2.05) is 24.1 Å². The molecule has 0 spiro atoms. The lowest BCUT2D eigenvalue weighted by atomic mass is 9.97. The molecule has 1 aromatic carbocycles. The Morgan fingerprint density at radius 1 is 1.26 bits per heavy atom. The Bertz CT molecular complexity index is 723. The van der Waals surface area contributed by atoms with E-state index < -0.39 is 0 Å². The van der Waals surface area contributed by atoms with E-state index in [0.29, 0.717) is 18.6 Å². The predicted molar refractivity (Wildman–Crippen MR) is 110 cm³/mol. The number of benzene rings is 1. The van der Waals surface area contributed by atoms with Crippen LogP contribution in [0.5, 0.6) is 0 Å². The lowest BCUT2D eigenvalue weighted by Crippen LogP contribution is -2.51. The Morgan fingerprint density at radius 2 is 2.07 bits per heavy atom. The number of hydrogen-bond acceptors (Lipinski definition) is 3. The molecule has 0 amide bonds. The molecule has 27 heavy (non-hydrogen) atoms. The van der Waals surface area contributed by atoms with Crippen molar-refractivity contribution in [1.82, 2.24) is 25.3 Å². The average Bonchev–Trinajstić information content (AvgIpc) is 3.08. The lowest BCUT2D eigenvalue weighted by molar-refractivity contribution is 0.134. The van der Waals surface area contributed by atoms with Crippen LogP contribution in [-0.4, -0.2) is 45.8 Å². The Hall–Kier alpha value is -2.34. The van der Waals surface area contributed by atoms with Crippen molar-refractivity contribution in [2.75, 3.05) is 13.1 Å². The molecule has 2 heterocycles. The van der Waals surface area contributed by atoms with E-state index in [1.165, 1.54) is 5.56 Å². The van der Waals surface area contributed by atoms with Crippen molar-refractivity contribution in [3.63, 3.8) is 0 Å². The van der Waals surface area contributed by atoms with Crippen LogP contribution in [0, 0.1) is 0 Å². The first-order chi connectivity index (χ1) is 13.1. The van der Waals surface area contributed by atoms with Crippen LogP contribution >= 0.6 is 0 Å². The number of aryl methyl sites for hydroxylation is 1. The third-order valence-corrected chi connectivity index (χ3v) is 5.11. The van der Waals surface area contributed by atoms with Crippen LogP contribution in [0.3, 0.4) is 0 Å². The van der Waals surface area contributed by atoms with Gasteiger partial charge in [-0.1, -0.05) is 30.3 Å². The standard InChI is InChI=1S/C21H32N6/c1-4-22-21(23-13-19-14-24-26(3)15-19)25-20-10-11-27(17(2)12-20)16-18-8-6-5-7-9-18/h5-9,14-15,17,20H,4,10-13,16H2,1-3H3,(H2,22,23,25). The number of hydrogen-bond donors (Lipinski definition) is 2. The second-order valence-electron chi connectivity index (χ2n) is 7.39. The number of nitrogens with one attached hydrogen (secondary N) is 2. The number of rotatable bonds is 6. The lowest BCUT2D eigenvalue weighted by Gasteiger charge is -2.38. The van der Waals surface area contributed by atoms with Crippen molar-refractivity contribution in [3.8, 4) is 0 Å². The summed E-state index contributed by atoms with van der Waals surface area (Å²) in [4.78, 5) is 7.31. The van der Waals surface area contributed by atoms with Crippen LogP contribution in [0.25, 0.3) is 0 Å². The molecular formula is C21H32N6. The molecule has 1 aliphatic rings. The van der Waals surface area contributed by atoms with E-state index in [2.05, 4.69) is 64.8 Å². The highest BCUT2D eigenvalue weighted by molar-refractivity contribution is 5.80. The molecule has 0 bridgehead atoms. The van der Waals surface area contributed by atoms with Crippen molar-refractivity contribution >= 4 is 5.96 Å². The molecule has 2 N–H and O–H groups in total. The second kappa shape index (κ2) is 9.55. The zero-order valence-electron chi connectivity index (χ0n) is 16.7. The Labute approximate surface area is 162 Å². The highest BCUT2D eigenvalue weighted by Crippen LogP contribution is 2.20. The summed E-state index contributed by atoms with van der Waals surface area (Å²) in [6.07, 6.45) is 6.15. The fourth-order valence-corrected chi connectivity index (χ4v) is 3.64. The largest absolute Gasteiger partial charge is 0.357 e. The molecule has 146 valence electrons. The summed E-state index contributed by atoms with van der Waals surface area (Å²) in [6, 6.07) is 11.8. The molecule has 1 saturated heterocycles. The van der Waals surface area contributed by atoms with Crippen molar-refractivity contribution in [3.05, 3.63) is 53.9 Å². The van der Waals surface area contributed by atoms with Crippen molar-refractivity contribution in [2.45, 2.75) is 51.9 Å². The summed E-state index contributed by atoms with van der Waals surface area (Å²) < 4.78 is 1.81. The zero-order chi connectivity index (χ0) is 19.1. The smallest absolute Gasteiger partial charge is 0.191 e. The van der Waals surface area contributed by atoms with Crippen molar-refractivity contribution < 1.29 is 0 Å². The fraction of sp³-hybridized carbons (Fsp3) is 0.524. The molecule has 3 rings (SSSR count). The van der Waals surface area contributed by atoms with Gasteiger partial charge in [0.1, 0.15) is 0 Å². The summed E-state index contributed by atoms with van der Waals surface area (Å²) >= 11 is 0. The van der Waals surface area contributed by atoms with Gasteiger partial charge < -0.3 is 10.6 Å². The van der Waals surface area contributed by atoms with E-state index in [9.17, 15) is 0 Å². The van der Waals surface area contributed by atoms with Crippen LogP contribution in [0.2, 0.25) is 0 Å². The zero-order valence-corrected chi connectivity index (χ0v) is 16.7. The Morgan fingerprint density at radius 3 is 2.74 bits per heavy atom. The minimum Gasteiger partial charge on any atom is -0.357 e. The maximum atomic E-state index is 4.73. The van der Waals surface area contributed by atoms with Crippen LogP contribution in [-0.2, 0) is 20.1 Å². The first-order valence-corrected chi connectivity index (χ1v) is 9.94. The highest BCUT2D eigenvalue weighted by Gasteiger charge is 2.25. The van der Waals surface area contributed by atoms with Crippen LogP contribution in [0.15, 0.2) is 47.7 Å². The second-order valence-corrected chi connectivity index (χ2v) is 7.39. The van der Waals surface area contributed by atoms with Crippen LogP contribution in [0.1, 0.15) is 37.8 Å². The molecular weight excluding hydrogens is 336 g/mol. The quantitative estimate of drug-likeness (QED) is 0.608. The summed E-state index contributed by atoms with van der Waals surface area (Å²) in [5, 5.41) is 11.2. The van der Waals surface area contributed by atoms with Gasteiger partial charge in [0.2, 0.25) is 0 Å². The maximum absolute atomic E-state index is 4.73. The predicted octanol–water partition coefficient (Wildman–Crippen LogP) is 2.53. The number of aliphatic imine (C=N–C) groups is 1. The van der Waals surface area contributed by atoms with Gasteiger partial charge in [0.25, 0.3) is 0 Å². The number of likely N-dealkylation sites (tertiary alicyclic amines) is 1.